The summed E-state index contributed by atoms with van der Waals surface area (Å²) >= 11 is 0. The van der Waals surface area contributed by atoms with Crippen LogP contribution in [-0.4, -0.2) is 39.8 Å². The van der Waals surface area contributed by atoms with E-state index in [9.17, 15) is 8.42 Å². The number of hydrogen-bond donors (Lipinski definition) is 0. The first-order valence-corrected chi connectivity index (χ1v) is 4.76. The molecule has 10 heavy (non-hydrogen) atoms. The van der Waals surface area contributed by atoms with Crippen molar-refractivity contribution in [3.63, 3.8) is 0 Å². The zero-order valence-electron chi connectivity index (χ0n) is 6.70. The van der Waals surface area contributed by atoms with E-state index in [0.29, 0.717) is 0 Å². The first-order chi connectivity index (χ1) is 4.33. The molecule has 61 valence electrons. The van der Waals surface area contributed by atoms with Gasteiger partial charge in [0.15, 0.2) is 0 Å². The van der Waals surface area contributed by atoms with Crippen molar-refractivity contribution in [3.8, 4) is 0 Å². The Hall–Kier alpha value is -0.130. The molecule has 5 heteroatoms. The van der Waals surface area contributed by atoms with E-state index in [2.05, 4.69) is 4.72 Å². The highest BCUT2D eigenvalue weighted by Crippen LogP contribution is 1.90. The van der Waals surface area contributed by atoms with Gasteiger partial charge in [-0.05, 0) is 21.0 Å². The molecule has 0 aliphatic heterocycles. The summed E-state index contributed by atoms with van der Waals surface area (Å²) in [5, 5.41) is 0. The second-order valence-corrected chi connectivity index (χ2v) is 4.11. The molecule has 0 heterocycles. The highest BCUT2D eigenvalue weighted by Gasteiger charge is 2.11. The van der Waals surface area contributed by atoms with Crippen LogP contribution in [0, 0.1) is 0 Å². The summed E-state index contributed by atoms with van der Waals surface area (Å²) in [5.74, 6) is 0. The lowest BCUT2D eigenvalue weighted by Gasteiger charge is -2.17. The quantitative estimate of drug-likeness (QED) is 0.564. The van der Waals surface area contributed by atoms with Crippen molar-refractivity contribution in [1.29, 1.82) is 0 Å². The van der Waals surface area contributed by atoms with Crippen LogP contribution in [0.1, 0.15) is 6.92 Å². The van der Waals surface area contributed by atoms with Gasteiger partial charge in [-0.15, -0.1) is 4.72 Å². The van der Waals surface area contributed by atoms with Gasteiger partial charge in [-0.3, -0.25) is 4.90 Å². The summed E-state index contributed by atoms with van der Waals surface area (Å²) in [6.45, 7) is 1.72. The first-order valence-electron chi connectivity index (χ1n) is 2.91. The maximum absolute atomic E-state index is 10.6. The van der Waals surface area contributed by atoms with Crippen LogP contribution < -0.4 is 4.72 Å². The molecule has 1 unspecified atom stereocenters. The average Bonchev–Trinajstić information content (AvgIpc) is 1.60. The largest absolute Gasteiger partial charge is 0.292 e. The fourth-order valence-corrected chi connectivity index (χ4v) is 1.11. The number of nitrogens with zero attached hydrogens (tertiary/aromatic N) is 2. The van der Waals surface area contributed by atoms with Gasteiger partial charge in [0.1, 0.15) is 0 Å². The smallest absolute Gasteiger partial charge is 0.226 e. The minimum absolute atomic E-state index is 0.269. The second-order valence-electron chi connectivity index (χ2n) is 2.43. The van der Waals surface area contributed by atoms with Crippen molar-refractivity contribution in [2.75, 3.05) is 20.4 Å². The van der Waals surface area contributed by atoms with E-state index < -0.39 is 10.0 Å². The number of hydrogen-bond acceptors (Lipinski definition) is 3. The zero-order chi connectivity index (χ0) is 8.36. The highest BCUT2D eigenvalue weighted by molar-refractivity contribution is 7.88. The summed E-state index contributed by atoms with van der Waals surface area (Å²) in [7, 11) is 0.369. The predicted molar refractivity (Wildman–Crippen MR) is 40.1 cm³/mol. The highest BCUT2D eigenvalue weighted by atomic mass is 32.2. The standard InChI is InChI=1S/C5H13N2O2S/c1-5(7(2)3)6-10(4,8)9/h5H,1-4H3. The fraction of sp³-hybridized carbons (Fsp3) is 1.00. The van der Waals surface area contributed by atoms with Gasteiger partial charge in [0.05, 0.1) is 12.4 Å². The Morgan fingerprint density at radius 2 is 1.80 bits per heavy atom. The molecule has 0 saturated heterocycles. The molecule has 0 amide bonds. The molecule has 0 aromatic carbocycles. The molecule has 0 aliphatic rings. The monoisotopic (exact) mass is 165 g/mol. The Kier molecular flexibility index (Phi) is 3.27. The normalized spacial score (nSPS) is 15.7. The molecule has 0 spiro atoms. The topological polar surface area (TPSA) is 51.5 Å². The van der Waals surface area contributed by atoms with Crippen molar-refractivity contribution in [3.05, 3.63) is 0 Å². The summed E-state index contributed by atoms with van der Waals surface area (Å²) in [4.78, 5) is 1.72. The SMILES string of the molecule is CC([N]S(C)(=O)=O)N(C)C. The molecule has 0 fully saturated rings. The van der Waals surface area contributed by atoms with E-state index in [1.165, 1.54) is 0 Å². The van der Waals surface area contributed by atoms with E-state index in [0.717, 1.165) is 6.26 Å². The van der Waals surface area contributed by atoms with Gasteiger partial charge in [0.25, 0.3) is 0 Å². The molecule has 0 bridgehead atoms. The van der Waals surface area contributed by atoms with E-state index in [4.69, 9.17) is 0 Å². The van der Waals surface area contributed by atoms with Crippen LogP contribution in [-0.2, 0) is 10.0 Å². The third kappa shape index (κ3) is 4.72. The minimum Gasteiger partial charge on any atom is -0.292 e. The summed E-state index contributed by atoms with van der Waals surface area (Å²) in [6.07, 6.45) is 0.822. The third-order valence-corrected chi connectivity index (χ3v) is 1.78. The summed E-state index contributed by atoms with van der Waals surface area (Å²) < 4.78 is 24.6. The molecular weight excluding hydrogens is 152 g/mol. The van der Waals surface area contributed by atoms with E-state index >= 15 is 0 Å². The van der Waals surface area contributed by atoms with Crippen molar-refractivity contribution >= 4 is 10.0 Å². The van der Waals surface area contributed by atoms with Gasteiger partial charge in [0.2, 0.25) is 10.0 Å². The van der Waals surface area contributed by atoms with Gasteiger partial charge in [-0.2, -0.15) is 0 Å². The zero-order valence-corrected chi connectivity index (χ0v) is 7.51. The van der Waals surface area contributed by atoms with Crippen molar-refractivity contribution in [1.82, 2.24) is 9.62 Å². The van der Waals surface area contributed by atoms with Gasteiger partial charge in [-0.1, -0.05) is 0 Å². The van der Waals surface area contributed by atoms with Crippen LogP contribution in [0.2, 0.25) is 0 Å². The number of sulfonamides is 1. The maximum Gasteiger partial charge on any atom is 0.226 e. The average molecular weight is 165 g/mol. The van der Waals surface area contributed by atoms with Crippen LogP contribution >= 0.6 is 0 Å². The summed E-state index contributed by atoms with van der Waals surface area (Å²) in [6, 6.07) is 0. The van der Waals surface area contributed by atoms with Crippen LogP contribution in [0.3, 0.4) is 0 Å². The van der Waals surface area contributed by atoms with Crippen molar-refractivity contribution in [2.45, 2.75) is 13.1 Å². The van der Waals surface area contributed by atoms with Crippen LogP contribution in [0.5, 0.6) is 0 Å². The molecule has 0 rings (SSSR count). The number of rotatable bonds is 3. The lowest BCUT2D eigenvalue weighted by atomic mass is 10.6. The van der Waals surface area contributed by atoms with E-state index in [-0.39, 0.29) is 6.17 Å². The molecule has 1 radical (unpaired) electrons. The molecule has 0 aromatic heterocycles. The molecule has 1 atom stereocenters. The minimum atomic E-state index is -3.19. The van der Waals surface area contributed by atoms with Crippen LogP contribution in [0.15, 0.2) is 0 Å². The van der Waals surface area contributed by atoms with Crippen LogP contribution in [0.25, 0.3) is 0 Å². The maximum atomic E-state index is 10.6. The first kappa shape index (κ1) is 9.87. The Balaban J connectivity index is 3.93. The summed E-state index contributed by atoms with van der Waals surface area (Å²) in [5.41, 5.74) is 0. The molecule has 0 aliphatic carbocycles. The lowest BCUT2D eigenvalue weighted by molar-refractivity contribution is 0.295. The Morgan fingerprint density at radius 3 is 1.90 bits per heavy atom. The van der Waals surface area contributed by atoms with Crippen LogP contribution in [0.4, 0.5) is 0 Å². The van der Waals surface area contributed by atoms with Crippen molar-refractivity contribution in [2.24, 2.45) is 0 Å². The van der Waals surface area contributed by atoms with Gasteiger partial charge in [-0.25, -0.2) is 8.42 Å². The van der Waals surface area contributed by atoms with E-state index in [1.54, 1.807) is 25.9 Å². The molecule has 0 saturated carbocycles. The lowest BCUT2D eigenvalue weighted by Crippen LogP contribution is -2.36. The second kappa shape index (κ2) is 3.32. The molecular formula is C5H13N2O2S. The molecule has 0 N–H and O–H groups in total. The fourth-order valence-electron chi connectivity index (χ4n) is 0.371. The van der Waals surface area contributed by atoms with Gasteiger partial charge in [0, 0.05) is 0 Å². The van der Waals surface area contributed by atoms with Gasteiger partial charge >= 0.3 is 0 Å². The van der Waals surface area contributed by atoms with E-state index in [1.807, 2.05) is 0 Å². The predicted octanol–water partition coefficient (Wildman–Crippen LogP) is -0.542. The Labute approximate surface area is 62.3 Å². The Bertz CT molecular complexity index is 186. The van der Waals surface area contributed by atoms with Crippen molar-refractivity contribution < 1.29 is 8.42 Å². The molecule has 4 nitrogen and oxygen atoms in total. The molecule has 0 aromatic rings. The third-order valence-electron chi connectivity index (χ3n) is 1.09. The van der Waals surface area contributed by atoms with Gasteiger partial charge < -0.3 is 0 Å². The Morgan fingerprint density at radius 1 is 1.40 bits per heavy atom.